The molecule has 0 fully saturated rings. The summed E-state index contributed by atoms with van der Waals surface area (Å²) in [6.45, 7) is 1.79. The highest BCUT2D eigenvalue weighted by Gasteiger charge is 2.06. The van der Waals surface area contributed by atoms with Crippen molar-refractivity contribution < 1.29 is 12.6 Å². The van der Waals surface area contributed by atoms with E-state index in [9.17, 15) is 8.42 Å². The zero-order chi connectivity index (χ0) is 11.1. The number of benzene rings is 1. The molecule has 1 rings (SSSR count). The summed E-state index contributed by atoms with van der Waals surface area (Å²) in [7, 11) is -3.39. The fourth-order valence-electron chi connectivity index (χ4n) is 1.05. The monoisotopic (exact) mass is 226 g/mol. The molecule has 0 saturated carbocycles. The topological polar surface area (TPSA) is 43.4 Å². The average molecular weight is 226 g/mol. The Balaban J connectivity index is 2.54. The molecule has 0 unspecified atom stereocenters. The van der Waals surface area contributed by atoms with E-state index in [-0.39, 0.29) is 5.75 Å². The summed E-state index contributed by atoms with van der Waals surface area (Å²) in [4.78, 5) is 0. The van der Waals surface area contributed by atoms with Crippen LogP contribution in [-0.4, -0.2) is 14.2 Å². The van der Waals surface area contributed by atoms with Crippen molar-refractivity contribution in [3.05, 3.63) is 42.2 Å². The van der Waals surface area contributed by atoms with Gasteiger partial charge in [-0.15, -0.1) is 0 Å². The first kappa shape index (κ1) is 11.8. The number of hydrogen-bond donors (Lipinski definition) is 0. The van der Waals surface area contributed by atoms with Gasteiger partial charge < -0.3 is 4.18 Å². The molecule has 82 valence electrons. The Hall–Kier alpha value is -1.29. The van der Waals surface area contributed by atoms with Gasteiger partial charge in [0.1, 0.15) is 6.26 Å². The van der Waals surface area contributed by atoms with Crippen LogP contribution in [0, 0.1) is 0 Å². The molecule has 0 spiro atoms. The Kier molecular flexibility index (Phi) is 4.37. The van der Waals surface area contributed by atoms with Gasteiger partial charge in [0, 0.05) is 0 Å². The minimum Gasteiger partial charge on any atom is -0.390 e. The highest BCUT2D eigenvalue weighted by atomic mass is 32.2. The summed E-state index contributed by atoms with van der Waals surface area (Å²) in [6.07, 6.45) is 3.38. The van der Waals surface area contributed by atoms with Crippen LogP contribution >= 0.6 is 0 Å². The van der Waals surface area contributed by atoms with E-state index in [2.05, 4.69) is 4.18 Å². The summed E-state index contributed by atoms with van der Waals surface area (Å²) in [5.74, 6) is 0.0477. The SMILES string of the molecule is CCCS(=O)(=O)OC=Cc1ccccc1. The molecule has 1 aromatic carbocycles. The Morgan fingerprint density at radius 2 is 1.93 bits per heavy atom. The molecule has 0 N–H and O–H groups in total. The van der Waals surface area contributed by atoms with Crippen molar-refractivity contribution in [1.29, 1.82) is 0 Å². The Morgan fingerprint density at radius 3 is 2.53 bits per heavy atom. The minimum atomic E-state index is -3.39. The van der Waals surface area contributed by atoms with Crippen LogP contribution in [0.1, 0.15) is 18.9 Å². The van der Waals surface area contributed by atoms with Crippen molar-refractivity contribution in [2.24, 2.45) is 0 Å². The number of hydrogen-bond acceptors (Lipinski definition) is 3. The van der Waals surface area contributed by atoms with Gasteiger partial charge >= 0.3 is 10.1 Å². The zero-order valence-electron chi connectivity index (χ0n) is 8.59. The lowest BCUT2D eigenvalue weighted by Gasteiger charge is -1.99. The summed E-state index contributed by atoms with van der Waals surface area (Å²) < 4.78 is 27.0. The first-order valence-electron chi connectivity index (χ1n) is 4.76. The molecule has 0 radical (unpaired) electrons. The molecule has 0 atom stereocenters. The van der Waals surface area contributed by atoms with E-state index >= 15 is 0 Å². The first-order chi connectivity index (χ1) is 7.14. The highest BCUT2D eigenvalue weighted by Crippen LogP contribution is 2.03. The maximum Gasteiger partial charge on any atom is 0.308 e. The predicted octanol–water partition coefficient (Wildman–Crippen LogP) is 2.41. The first-order valence-corrected chi connectivity index (χ1v) is 6.34. The predicted molar refractivity (Wildman–Crippen MR) is 60.6 cm³/mol. The van der Waals surface area contributed by atoms with E-state index < -0.39 is 10.1 Å². The van der Waals surface area contributed by atoms with E-state index in [1.165, 1.54) is 6.26 Å². The molecule has 0 bridgehead atoms. The molecule has 0 amide bonds. The third-order valence-electron chi connectivity index (χ3n) is 1.72. The van der Waals surface area contributed by atoms with Gasteiger partial charge in [-0.2, -0.15) is 8.42 Å². The van der Waals surface area contributed by atoms with Gasteiger partial charge in [0.05, 0.1) is 5.75 Å². The summed E-state index contributed by atoms with van der Waals surface area (Å²) in [5.41, 5.74) is 0.907. The molecular formula is C11H14O3S. The van der Waals surface area contributed by atoms with E-state index in [4.69, 9.17) is 0 Å². The van der Waals surface area contributed by atoms with Crippen LogP contribution in [0.15, 0.2) is 36.6 Å². The van der Waals surface area contributed by atoms with Gasteiger partial charge in [-0.25, -0.2) is 0 Å². The van der Waals surface area contributed by atoms with E-state index in [1.807, 2.05) is 30.3 Å². The number of rotatable bonds is 5. The second-order valence-electron chi connectivity index (χ2n) is 3.07. The standard InChI is InChI=1S/C11H14O3S/c1-2-10-15(12,13)14-9-8-11-6-4-3-5-7-11/h3-9H,2,10H2,1H3. The van der Waals surface area contributed by atoms with Crippen LogP contribution in [0.25, 0.3) is 6.08 Å². The van der Waals surface area contributed by atoms with Crippen molar-refractivity contribution in [3.63, 3.8) is 0 Å². The van der Waals surface area contributed by atoms with Crippen molar-refractivity contribution in [2.75, 3.05) is 5.75 Å². The van der Waals surface area contributed by atoms with Gasteiger partial charge in [0.15, 0.2) is 0 Å². The second-order valence-corrected chi connectivity index (χ2v) is 4.79. The van der Waals surface area contributed by atoms with Crippen molar-refractivity contribution in [2.45, 2.75) is 13.3 Å². The molecule has 0 aliphatic heterocycles. The quantitative estimate of drug-likeness (QED) is 0.572. The summed E-state index contributed by atoms with van der Waals surface area (Å²) >= 11 is 0. The molecule has 0 saturated heterocycles. The Morgan fingerprint density at radius 1 is 1.27 bits per heavy atom. The van der Waals surface area contributed by atoms with E-state index in [0.29, 0.717) is 6.42 Å². The second kappa shape index (κ2) is 5.56. The van der Waals surface area contributed by atoms with Gasteiger partial charge in [-0.3, -0.25) is 0 Å². The van der Waals surface area contributed by atoms with Crippen LogP contribution in [0.5, 0.6) is 0 Å². The maximum absolute atomic E-state index is 11.1. The molecule has 4 heteroatoms. The van der Waals surface area contributed by atoms with E-state index in [0.717, 1.165) is 5.56 Å². The van der Waals surface area contributed by atoms with Gasteiger partial charge in [0.25, 0.3) is 0 Å². The van der Waals surface area contributed by atoms with Crippen LogP contribution in [-0.2, 0) is 14.3 Å². The van der Waals surface area contributed by atoms with Crippen LogP contribution in [0.2, 0.25) is 0 Å². The fourth-order valence-corrected chi connectivity index (χ4v) is 1.87. The largest absolute Gasteiger partial charge is 0.390 e. The lowest BCUT2D eigenvalue weighted by molar-refractivity contribution is 0.445. The average Bonchev–Trinajstić information content (AvgIpc) is 2.19. The van der Waals surface area contributed by atoms with Gasteiger partial charge in [-0.1, -0.05) is 37.3 Å². The molecule has 0 aliphatic carbocycles. The molecule has 0 aromatic heterocycles. The van der Waals surface area contributed by atoms with Crippen LogP contribution in [0.4, 0.5) is 0 Å². The Bertz CT molecular complexity index is 407. The van der Waals surface area contributed by atoms with E-state index in [1.54, 1.807) is 13.0 Å². The zero-order valence-corrected chi connectivity index (χ0v) is 9.41. The lowest BCUT2D eigenvalue weighted by atomic mass is 10.2. The van der Waals surface area contributed by atoms with Crippen LogP contribution in [0.3, 0.4) is 0 Å². The molecule has 3 nitrogen and oxygen atoms in total. The van der Waals surface area contributed by atoms with Crippen molar-refractivity contribution >= 4 is 16.2 Å². The van der Waals surface area contributed by atoms with Gasteiger partial charge in [0.2, 0.25) is 0 Å². The van der Waals surface area contributed by atoms with Crippen molar-refractivity contribution in [3.8, 4) is 0 Å². The minimum absolute atomic E-state index is 0.0477. The Labute approximate surface area is 90.5 Å². The molecule has 15 heavy (non-hydrogen) atoms. The molecule has 0 heterocycles. The summed E-state index contributed by atoms with van der Waals surface area (Å²) in [6, 6.07) is 9.38. The third kappa shape index (κ3) is 4.65. The third-order valence-corrected chi connectivity index (χ3v) is 3.03. The van der Waals surface area contributed by atoms with Gasteiger partial charge in [-0.05, 0) is 18.1 Å². The molecule has 1 aromatic rings. The molecule has 0 aliphatic rings. The normalized spacial score (nSPS) is 11.8. The summed E-state index contributed by atoms with van der Waals surface area (Å²) in [5, 5.41) is 0. The highest BCUT2D eigenvalue weighted by molar-refractivity contribution is 7.86. The smallest absolute Gasteiger partial charge is 0.308 e. The lowest BCUT2D eigenvalue weighted by Crippen LogP contribution is -2.05. The van der Waals surface area contributed by atoms with Crippen LogP contribution < -0.4 is 0 Å². The fraction of sp³-hybridized carbons (Fsp3) is 0.273. The molecular weight excluding hydrogens is 212 g/mol. The maximum atomic E-state index is 11.1. The van der Waals surface area contributed by atoms with Crippen molar-refractivity contribution in [1.82, 2.24) is 0 Å².